The first-order valence-electron chi connectivity index (χ1n) is 5.76. The molecule has 0 radical (unpaired) electrons. The number of aromatic amines is 1. The van der Waals surface area contributed by atoms with Crippen molar-refractivity contribution in [2.24, 2.45) is 12.1 Å². The molecule has 0 bridgehead atoms. The third-order valence-corrected chi connectivity index (χ3v) is 2.86. The van der Waals surface area contributed by atoms with Gasteiger partial charge in [-0.2, -0.15) is 4.68 Å². The molecule has 0 fully saturated rings. The van der Waals surface area contributed by atoms with Gasteiger partial charge in [0.2, 0.25) is 0 Å². The fourth-order valence-electron chi connectivity index (χ4n) is 1.60. The Hall–Kier alpha value is -2.41. The van der Waals surface area contributed by atoms with Gasteiger partial charge in [0.25, 0.3) is 0 Å². The summed E-state index contributed by atoms with van der Waals surface area (Å²) in [5.74, 6) is -0.478. The Balaban J connectivity index is 2.33. The van der Waals surface area contributed by atoms with Crippen LogP contribution in [0.5, 0.6) is 0 Å². The monoisotopic (exact) mass is 294 g/mol. The van der Waals surface area contributed by atoms with E-state index in [1.54, 1.807) is 31.3 Å². The molecule has 0 spiro atoms. The fourth-order valence-corrected chi connectivity index (χ4v) is 1.73. The third-order valence-electron chi connectivity index (χ3n) is 2.61. The van der Waals surface area contributed by atoms with Gasteiger partial charge in [0.15, 0.2) is 0 Å². The Labute approximate surface area is 119 Å². The van der Waals surface area contributed by atoms with Crippen molar-refractivity contribution in [3.8, 4) is 0 Å². The summed E-state index contributed by atoms with van der Waals surface area (Å²) in [5, 5.41) is 9.64. The van der Waals surface area contributed by atoms with Gasteiger partial charge >= 0.3 is 17.2 Å². The van der Waals surface area contributed by atoms with Gasteiger partial charge in [-0.25, -0.2) is 4.79 Å². The van der Waals surface area contributed by atoms with Crippen molar-refractivity contribution in [1.29, 1.82) is 0 Å². The number of hydrogen-bond donors (Lipinski definition) is 2. The maximum absolute atomic E-state index is 12.0. The van der Waals surface area contributed by atoms with Gasteiger partial charge in [0.05, 0.1) is 6.21 Å². The number of carbonyl (C=O) groups excluding carboxylic acids is 1. The normalized spacial score (nSPS) is 10.9. The molecule has 7 nitrogen and oxygen atoms in total. The molecule has 0 saturated carbocycles. The van der Waals surface area contributed by atoms with Crippen LogP contribution in [0.2, 0.25) is 5.02 Å². The van der Waals surface area contributed by atoms with Gasteiger partial charge in [-0.3, -0.25) is 4.79 Å². The van der Waals surface area contributed by atoms with Crippen LogP contribution in [-0.2, 0) is 7.05 Å². The molecule has 1 aromatic heterocycles. The molecular weight excluding hydrogens is 282 g/mol. The van der Waals surface area contributed by atoms with Crippen LogP contribution in [0.4, 0.5) is 0 Å². The van der Waals surface area contributed by atoms with Crippen molar-refractivity contribution in [3.05, 3.63) is 50.9 Å². The molecule has 0 aliphatic carbocycles. The van der Waals surface area contributed by atoms with Crippen LogP contribution in [-0.4, -0.2) is 29.2 Å². The SMILES string of the molecule is CNC(=O)c1c(=O)n(N=Cc2ccc(Cl)cc2)[nH][n+]1C. The Bertz CT molecular complexity index is 714. The number of aryl methyl sites for hydroxylation is 1. The minimum absolute atomic E-state index is 0.0271. The fraction of sp³-hybridized carbons (Fsp3) is 0.167. The summed E-state index contributed by atoms with van der Waals surface area (Å²) in [4.78, 5) is 24.5. The number of benzene rings is 1. The van der Waals surface area contributed by atoms with Gasteiger partial charge in [0.1, 0.15) is 7.05 Å². The maximum Gasteiger partial charge on any atom is 0.432 e. The number of nitrogens with one attached hydrogen (secondary N) is 2. The molecule has 104 valence electrons. The van der Waals surface area contributed by atoms with Gasteiger partial charge in [-0.15, -0.1) is 0 Å². The summed E-state index contributed by atoms with van der Waals surface area (Å²) in [7, 11) is 3.01. The number of hydrogen-bond acceptors (Lipinski definition) is 3. The Morgan fingerprint density at radius 3 is 2.70 bits per heavy atom. The average molecular weight is 295 g/mol. The molecule has 0 aliphatic rings. The predicted octanol–water partition coefficient (Wildman–Crippen LogP) is -0.104. The molecule has 2 aromatic rings. The predicted molar refractivity (Wildman–Crippen MR) is 74.1 cm³/mol. The summed E-state index contributed by atoms with van der Waals surface area (Å²) in [6.07, 6.45) is 1.49. The van der Waals surface area contributed by atoms with E-state index < -0.39 is 11.5 Å². The standard InChI is InChI=1S/C12H12ClN5O2/c1-14-11(19)10-12(20)18(16-17(10)2)15-7-8-3-5-9(13)6-4-8/h3-7H,1-2H3,(H-,14,16,19,20)/p+1. The lowest BCUT2D eigenvalue weighted by Gasteiger charge is -1.90. The highest BCUT2D eigenvalue weighted by molar-refractivity contribution is 6.30. The van der Waals surface area contributed by atoms with Crippen molar-refractivity contribution >= 4 is 23.7 Å². The van der Waals surface area contributed by atoms with Crippen molar-refractivity contribution in [2.45, 2.75) is 0 Å². The van der Waals surface area contributed by atoms with Crippen LogP contribution in [0, 0.1) is 0 Å². The smallest absolute Gasteiger partial charge is 0.352 e. The number of nitrogens with zero attached hydrogens (tertiary/aromatic N) is 3. The van der Waals surface area contributed by atoms with E-state index in [1.807, 2.05) is 0 Å². The van der Waals surface area contributed by atoms with Gasteiger partial charge < -0.3 is 5.32 Å². The highest BCUT2D eigenvalue weighted by atomic mass is 35.5. The van der Waals surface area contributed by atoms with Gasteiger partial charge in [-0.05, 0) is 17.7 Å². The van der Waals surface area contributed by atoms with E-state index in [1.165, 1.54) is 17.9 Å². The van der Waals surface area contributed by atoms with Crippen molar-refractivity contribution in [3.63, 3.8) is 0 Å². The second-order valence-corrected chi connectivity index (χ2v) is 4.44. The van der Waals surface area contributed by atoms with E-state index >= 15 is 0 Å². The molecule has 1 aromatic carbocycles. The van der Waals surface area contributed by atoms with Crippen LogP contribution in [0.25, 0.3) is 0 Å². The maximum atomic E-state index is 12.0. The van der Waals surface area contributed by atoms with E-state index in [0.717, 1.165) is 10.4 Å². The lowest BCUT2D eigenvalue weighted by Crippen LogP contribution is -2.42. The zero-order valence-electron chi connectivity index (χ0n) is 10.9. The van der Waals surface area contributed by atoms with E-state index in [0.29, 0.717) is 5.02 Å². The van der Waals surface area contributed by atoms with E-state index in [4.69, 9.17) is 11.6 Å². The number of halogens is 1. The number of aromatic nitrogens is 3. The van der Waals surface area contributed by atoms with E-state index in [-0.39, 0.29) is 5.69 Å². The Morgan fingerprint density at radius 2 is 2.10 bits per heavy atom. The minimum atomic E-state index is -0.530. The topological polar surface area (TPSA) is 83.1 Å². The van der Waals surface area contributed by atoms with Crippen LogP contribution in [0.3, 0.4) is 0 Å². The average Bonchev–Trinajstić information content (AvgIpc) is 2.72. The summed E-state index contributed by atoms with van der Waals surface area (Å²) < 4.78 is 1.31. The van der Waals surface area contributed by atoms with E-state index in [9.17, 15) is 9.59 Å². The molecule has 20 heavy (non-hydrogen) atoms. The van der Waals surface area contributed by atoms with Crippen LogP contribution in [0.1, 0.15) is 16.1 Å². The first kappa shape index (κ1) is 14.0. The largest absolute Gasteiger partial charge is 0.432 e. The van der Waals surface area contributed by atoms with Gasteiger partial charge in [0, 0.05) is 16.9 Å². The molecule has 1 amide bonds. The highest BCUT2D eigenvalue weighted by Crippen LogP contribution is 2.07. The van der Waals surface area contributed by atoms with Crippen molar-refractivity contribution < 1.29 is 9.48 Å². The summed E-state index contributed by atoms with van der Waals surface area (Å²) in [6, 6.07) is 6.96. The second kappa shape index (κ2) is 5.70. The molecule has 1 heterocycles. The molecule has 0 saturated heterocycles. The third kappa shape index (κ3) is 2.77. The number of carbonyl (C=O) groups is 1. The molecule has 2 rings (SSSR count). The first-order valence-corrected chi connectivity index (χ1v) is 6.14. The molecule has 0 aliphatic heterocycles. The Kier molecular flexibility index (Phi) is 3.99. The zero-order valence-corrected chi connectivity index (χ0v) is 11.7. The van der Waals surface area contributed by atoms with E-state index in [2.05, 4.69) is 15.6 Å². The van der Waals surface area contributed by atoms with Gasteiger partial charge in [-0.1, -0.05) is 34.0 Å². The second-order valence-electron chi connectivity index (χ2n) is 4.00. The summed E-state index contributed by atoms with van der Waals surface area (Å²) in [5.41, 5.74) is 0.220. The van der Waals surface area contributed by atoms with Crippen molar-refractivity contribution in [1.82, 2.24) is 15.3 Å². The van der Waals surface area contributed by atoms with Crippen LogP contribution < -0.4 is 15.6 Å². The lowest BCUT2D eigenvalue weighted by molar-refractivity contribution is -0.734. The molecule has 8 heteroatoms. The quantitative estimate of drug-likeness (QED) is 0.612. The molecule has 0 atom stereocenters. The van der Waals surface area contributed by atoms with Crippen LogP contribution in [0.15, 0.2) is 34.2 Å². The Morgan fingerprint density at radius 1 is 1.45 bits per heavy atom. The minimum Gasteiger partial charge on any atom is -0.352 e. The molecule has 0 unspecified atom stereocenters. The number of H-pyrrole nitrogens is 1. The van der Waals surface area contributed by atoms with Crippen molar-refractivity contribution in [2.75, 3.05) is 7.05 Å². The molecular formula is C12H13ClN5O2+. The lowest BCUT2D eigenvalue weighted by atomic mass is 10.2. The summed E-state index contributed by atoms with van der Waals surface area (Å²) in [6.45, 7) is 0. The molecule has 2 N–H and O–H groups in total. The van der Waals surface area contributed by atoms with Crippen LogP contribution >= 0.6 is 11.6 Å². The number of rotatable bonds is 3. The highest BCUT2D eigenvalue weighted by Gasteiger charge is 2.25. The zero-order chi connectivity index (χ0) is 14.7. The number of amides is 1. The first-order chi connectivity index (χ1) is 9.52. The summed E-state index contributed by atoms with van der Waals surface area (Å²) >= 11 is 5.78.